The Labute approximate surface area is 265 Å². The molecule has 4 aromatic carbocycles. The van der Waals surface area contributed by atoms with Crippen LogP contribution in [0.3, 0.4) is 0 Å². The lowest BCUT2D eigenvalue weighted by Gasteiger charge is -2.34. The second kappa shape index (κ2) is 15.3. The van der Waals surface area contributed by atoms with E-state index in [1.807, 2.05) is 43.3 Å². The van der Waals surface area contributed by atoms with Gasteiger partial charge in [-0.1, -0.05) is 72.3 Å². The standard InChI is InChI=1S/C35H39N3O6S/c1-5-44-33-17-10-9-16-31(33)38(45(41,42)30-20-18-26(2)19-21-30)25-34(39)37(24-28-14-11-15-29(22-28)43-4)32(35(40)36-3)23-27-12-7-6-8-13-27/h6-22,32H,5,23-25H2,1-4H3,(H,36,40)/t32-/m1/s1. The zero-order valence-electron chi connectivity index (χ0n) is 26.0. The number of hydrogen-bond donors (Lipinski definition) is 1. The first-order valence-electron chi connectivity index (χ1n) is 14.7. The van der Waals surface area contributed by atoms with Crippen LogP contribution in [0.5, 0.6) is 11.5 Å². The minimum atomic E-state index is -4.25. The van der Waals surface area contributed by atoms with Crippen LogP contribution in [0, 0.1) is 6.92 Å². The molecule has 0 bridgehead atoms. The van der Waals surface area contributed by atoms with Crippen molar-refractivity contribution < 1.29 is 27.5 Å². The van der Waals surface area contributed by atoms with E-state index < -0.39 is 28.5 Å². The van der Waals surface area contributed by atoms with E-state index in [1.165, 1.54) is 24.1 Å². The van der Waals surface area contributed by atoms with Crippen LogP contribution >= 0.6 is 0 Å². The van der Waals surface area contributed by atoms with Gasteiger partial charge in [-0.2, -0.15) is 0 Å². The molecule has 0 fully saturated rings. The van der Waals surface area contributed by atoms with Gasteiger partial charge in [0.1, 0.15) is 24.1 Å². The van der Waals surface area contributed by atoms with Crippen LogP contribution in [-0.2, 0) is 32.6 Å². The molecular formula is C35H39N3O6S. The molecule has 0 aliphatic rings. The van der Waals surface area contributed by atoms with E-state index in [4.69, 9.17) is 9.47 Å². The zero-order valence-corrected chi connectivity index (χ0v) is 26.8. The van der Waals surface area contributed by atoms with E-state index in [2.05, 4.69) is 5.32 Å². The fraction of sp³-hybridized carbons (Fsp3) is 0.257. The SMILES string of the molecule is CCOc1ccccc1N(CC(=O)N(Cc1cccc(OC)c1)[C@H](Cc1ccccc1)C(=O)NC)S(=O)(=O)c1ccc(C)cc1. The van der Waals surface area contributed by atoms with Gasteiger partial charge in [-0.05, 0) is 61.4 Å². The van der Waals surface area contributed by atoms with Crippen molar-refractivity contribution in [1.29, 1.82) is 0 Å². The van der Waals surface area contributed by atoms with Gasteiger partial charge < -0.3 is 19.7 Å². The fourth-order valence-corrected chi connectivity index (χ4v) is 6.40. The number of anilines is 1. The van der Waals surface area contributed by atoms with Crippen LogP contribution < -0.4 is 19.1 Å². The Kier molecular flexibility index (Phi) is 11.2. The fourth-order valence-electron chi connectivity index (χ4n) is 4.98. The lowest BCUT2D eigenvalue weighted by Crippen LogP contribution is -2.53. The number of amides is 2. The maximum atomic E-state index is 14.5. The topological polar surface area (TPSA) is 105 Å². The Morgan fingerprint density at radius 1 is 0.867 bits per heavy atom. The van der Waals surface area contributed by atoms with E-state index >= 15 is 0 Å². The number of carbonyl (C=O) groups excluding carboxylic acids is 2. The van der Waals surface area contributed by atoms with E-state index in [0.29, 0.717) is 23.7 Å². The van der Waals surface area contributed by atoms with E-state index in [0.717, 1.165) is 15.4 Å². The van der Waals surface area contributed by atoms with Crippen LogP contribution in [0.1, 0.15) is 23.6 Å². The molecule has 0 spiro atoms. The Hall–Kier alpha value is -4.83. The van der Waals surface area contributed by atoms with Crippen molar-refractivity contribution in [2.45, 2.75) is 37.8 Å². The van der Waals surface area contributed by atoms with Gasteiger partial charge in [0.05, 0.1) is 24.3 Å². The van der Waals surface area contributed by atoms with Gasteiger partial charge in [-0.15, -0.1) is 0 Å². The van der Waals surface area contributed by atoms with Crippen LogP contribution in [0.15, 0.2) is 108 Å². The molecule has 4 rings (SSSR count). The maximum absolute atomic E-state index is 14.5. The Balaban J connectivity index is 1.83. The van der Waals surface area contributed by atoms with Crippen LogP contribution in [0.25, 0.3) is 0 Å². The number of nitrogens with one attached hydrogen (secondary N) is 1. The lowest BCUT2D eigenvalue weighted by molar-refractivity contribution is -0.139. The number of benzene rings is 4. The molecule has 0 saturated carbocycles. The zero-order chi connectivity index (χ0) is 32.4. The Morgan fingerprint density at radius 3 is 2.20 bits per heavy atom. The number of sulfonamides is 1. The summed E-state index contributed by atoms with van der Waals surface area (Å²) in [5, 5.41) is 2.69. The molecule has 2 amide bonds. The van der Waals surface area contributed by atoms with Crippen LogP contribution in [0.2, 0.25) is 0 Å². The summed E-state index contributed by atoms with van der Waals surface area (Å²) >= 11 is 0. The highest BCUT2D eigenvalue weighted by Gasteiger charge is 2.35. The average molecular weight is 630 g/mol. The predicted molar refractivity (Wildman–Crippen MR) is 175 cm³/mol. The van der Waals surface area contributed by atoms with Crippen molar-refractivity contribution in [2.75, 3.05) is 31.6 Å². The number of hydrogen-bond acceptors (Lipinski definition) is 6. The van der Waals surface area contributed by atoms with Gasteiger partial charge in [-0.25, -0.2) is 8.42 Å². The summed E-state index contributed by atoms with van der Waals surface area (Å²) < 4.78 is 40.8. The van der Waals surface area contributed by atoms with E-state index in [9.17, 15) is 18.0 Å². The normalized spacial score (nSPS) is 11.7. The molecule has 0 radical (unpaired) electrons. The van der Waals surface area contributed by atoms with E-state index in [1.54, 1.807) is 68.6 Å². The molecule has 236 valence electrons. The van der Waals surface area contributed by atoms with Gasteiger partial charge >= 0.3 is 0 Å². The molecule has 0 aliphatic carbocycles. The Bertz CT molecular complexity index is 1690. The van der Waals surface area contributed by atoms with Crippen LogP contribution in [-0.4, -0.2) is 58.5 Å². The quantitative estimate of drug-likeness (QED) is 0.211. The lowest BCUT2D eigenvalue weighted by atomic mass is 10.0. The number of nitrogens with zero attached hydrogens (tertiary/aromatic N) is 2. The molecule has 0 unspecified atom stereocenters. The highest BCUT2D eigenvalue weighted by atomic mass is 32.2. The first-order chi connectivity index (χ1) is 21.7. The first-order valence-corrected chi connectivity index (χ1v) is 16.1. The highest BCUT2D eigenvalue weighted by molar-refractivity contribution is 7.92. The monoisotopic (exact) mass is 629 g/mol. The molecule has 0 aromatic heterocycles. The number of aryl methyl sites for hydroxylation is 1. The van der Waals surface area contributed by atoms with Gasteiger partial charge in [-0.3, -0.25) is 13.9 Å². The van der Waals surface area contributed by atoms with Crippen molar-refractivity contribution in [2.24, 2.45) is 0 Å². The number of methoxy groups -OCH3 is 1. The molecule has 10 heteroatoms. The summed E-state index contributed by atoms with van der Waals surface area (Å²) in [4.78, 5) is 29.4. The second-order valence-electron chi connectivity index (χ2n) is 10.4. The third-order valence-corrected chi connectivity index (χ3v) is 9.10. The number of likely N-dealkylation sites (N-methyl/N-ethyl adjacent to an activating group) is 1. The minimum absolute atomic E-state index is 0.0266. The predicted octanol–water partition coefficient (Wildman–Crippen LogP) is 4.98. The smallest absolute Gasteiger partial charge is 0.264 e. The number of ether oxygens (including phenoxy) is 2. The summed E-state index contributed by atoms with van der Waals surface area (Å²) in [5.74, 6) is -0.0364. The number of rotatable bonds is 14. The van der Waals surface area contributed by atoms with Crippen molar-refractivity contribution in [3.63, 3.8) is 0 Å². The van der Waals surface area contributed by atoms with Gasteiger partial charge in [0.15, 0.2) is 0 Å². The largest absolute Gasteiger partial charge is 0.497 e. The third kappa shape index (κ3) is 8.21. The minimum Gasteiger partial charge on any atom is -0.497 e. The van der Waals surface area contributed by atoms with Gasteiger partial charge in [0.2, 0.25) is 11.8 Å². The molecular weight excluding hydrogens is 590 g/mol. The molecule has 45 heavy (non-hydrogen) atoms. The van der Waals surface area contributed by atoms with Crippen molar-refractivity contribution in [1.82, 2.24) is 10.2 Å². The van der Waals surface area contributed by atoms with Crippen molar-refractivity contribution >= 4 is 27.5 Å². The molecule has 4 aromatic rings. The third-order valence-electron chi connectivity index (χ3n) is 7.33. The maximum Gasteiger partial charge on any atom is 0.264 e. The molecule has 0 aliphatic heterocycles. The molecule has 1 atom stereocenters. The summed E-state index contributed by atoms with van der Waals surface area (Å²) in [7, 11) is -1.18. The first kappa shape index (κ1) is 33.1. The average Bonchev–Trinajstić information content (AvgIpc) is 3.06. The molecule has 1 N–H and O–H groups in total. The summed E-state index contributed by atoms with van der Waals surface area (Å²) in [6.45, 7) is 3.42. The highest BCUT2D eigenvalue weighted by Crippen LogP contribution is 2.33. The number of carbonyl (C=O) groups is 2. The number of para-hydroxylation sites is 2. The van der Waals surface area contributed by atoms with Gasteiger partial charge in [0.25, 0.3) is 10.0 Å². The molecule has 9 nitrogen and oxygen atoms in total. The Morgan fingerprint density at radius 2 is 1.53 bits per heavy atom. The summed E-state index contributed by atoms with van der Waals surface area (Å²) in [6, 6.07) is 28.8. The van der Waals surface area contributed by atoms with E-state index in [-0.39, 0.29) is 29.5 Å². The summed E-state index contributed by atoms with van der Waals surface area (Å²) in [6.07, 6.45) is 0.219. The molecule has 0 saturated heterocycles. The molecule has 0 heterocycles. The van der Waals surface area contributed by atoms with Crippen molar-refractivity contribution in [3.8, 4) is 11.5 Å². The van der Waals surface area contributed by atoms with Crippen LogP contribution in [0.4, 0.5) is 5.69 Å². The van der Waals surface area contributed by atoms with Crippen molar-refractivity contribution in [3.05, 3.63) is 120 Å². The second-order valence-corrected chi connectivity index (χ2v) is 12.3. The van der Waals surface area contributed by atoms with Gasteiger partial charge in [0, 0.05) is 20.0 Å². The summed E-state index contributed by atoms with van der Waals surface area (Å²) in [5.41, 5.74) is 2.67.